The average molecular weight is 294 g/mol. The van der Waals surface area contributed by atoms with E-state index >= 15 is 0 Å². The van der Waals surface area contributed by atoms with Crippen LogP contribution in [0.1, 0.15) is 35.3 Å². The van der Waals surface area contributed by atoms with Gasteiger partial charge >= 0.3 is 12.0 Å². The van der Waals surface area contributed by atoms with Crippen LogP contribution in [-0.4, -0.2) is 36.4 Å². The predicted molar refractivity (Wildman–Crippen MR) is 81.0 cm³/mol. The molecule has 0 bridgehead atoms. The van der Waals surface area contributed by atoms with E-state index in [1.54, 1.807) is 14.0 Å². The zero-order chi connectivity index (χ0) is 16.2. The zero-order valence-electron chi connectivity index (χ0n) is 13.0. The largest absolute Gasteiger partial charge is 0.478 e. The number of methoxy groups -OCH3 is 1. The van der Waals surface area contributed by atoms with Crippen molar-refractivity contribution in [3.63, 3.8) is 0 Å². The molecule has 0 saturated carbocycles. The summed E-state index contributed by atoms with van der Waals surface area (Å²) in [7, 11) is 1.56. The summed E-state index contributed by atoms with van der Waals surface area (Å²) < 4.78 is 5.20. The van der Waals surface area contributed by atoms with Gasteiger partial charge in [-0.05, 0) is 44.9 Å². The number of hydrogen-bond donors (Lipinski definition) is 3. The highest BCUT2D eigenvalue weighted by Crippen LogP contribution is 2.22. The minimum absolute atomic E-state index is 0.0775. The third-order valence-electron chi connectivity index (χ3n) is 3.18. The van der Waals surface area contributed by atoms with Gasteiger partial charge in [-0.1, -0.05) is 6.07 Å². The van der Waals surface area contributed by atoms with Crippen molar-refractivity contribution in [1.29, 1.82) is 0 Å². The number of carboxylic acid groups (broad SMARTS) is 1. The number of ether oxygens (including phenoxy) is 1. The molecule has 116 valence electrons. The van der Waals surface area contributed by atoms with Crippen LogP contribution in [0.25, 0.3) is 0 Å². The molecule has 0 aliphatic heterocycles. The third kappa shape index (κ3) is 4.75. The molecular formula is C15H22N2O4. The van der Waals surface area contributed by atoms with Crippen LogP contribution >= 0.6 is 0 Å². The van der Waals surface area contributed by atoms with E-state index in [1.807, 2.05) is 26.8 Å². The molecule has 21 heavy (non-hydrogen) atoms. The van der Waals surface area contributed by atoms with E-state index < -0.39 is 17.6 Å². The SMILES string of the molecule is COC(C)(C)CNC(=O)Nc1c(C)cc(C)cc1C(=O)O. The lowest BCUT2D eigenvalue weighted by atomic mass is 10.0. The maximum atomic E-state index is 11.9. The van der Waals surface area contributed by atoms with Crippen LogP contribution in [0.3, 0.4) is 0 Å². The van der Waals surface area contributed by atoms with Crippen LogP contribution in [0, 0.1) is 13.8 Å². The third-order valence-corrected chi connectivity index (χ3v) is 3.18. The van der Waals surface area contributed by atoms with Gasteiger partial charge < -0.3 is 20.5 Å². The van der Waals surface area contributed by atoms with Gasteiger partial charge in [0.25, 0.3) is 0 Å². The minimum atomic E-state index is -1.07. The van der Waals surface area contributed by atoms with Gasteiger partial charge in [-0.25, -0.2) is 9.59 Å². The molecule has 0 radical (unpaired) electrons. The van der Waals surface area contributed by atoms with Crippen molar-refractivity contribution in [3.8, 4) is 0 Å². The molecule has 0 spiro atoms. The van der Waals surface area contributed by atoms with Crippen LogP contribution in [0.4, 0.5) is 10.5 Å². The molecule has 6 heteroatoms. The molecule has 6 nitrogen and oxygen atoms in total. The summed E-state index contributed by atoms with van der Waals surface area (Å²) in [4.78, 5) is 23.2. The molecule has 0 aliphatic carbocycles. The number of aromatic carboxylic acids is 1. The Bertz CT molecular complexity index is 553. The molecule has 1 aromatic rings. The Labute approximate surface area is 124 Å². The van der Waals surface area contributed by atoms with Gasteiger partial charge in [-0.2, -0.15) is 0 Å². The Kier molecular flexibility index (Phi) is 5.32. The fourth-order valence-electron chi connectivity index (χ4n) is 1.83. The number of amides is 2. The minimum Gasteiger partial charge on any atom is -0.478 e. The van der Waals surface area contributed by atoms with E-state index in [2.05, 4.69) is 10.6 Å². The Hall–Kier alpha value is -2.08. The van der Waals surface area contributed by atoms with Gasteiger partial charge in [-0.3, -0.25) is 0 Å². The Morgan fingerprint density at radius 2 is 1.90 bits per heavy atom. The number of carboxylic acids is 1. The van der Waals surface area contributed by atoms with Crippen LogP contribution in [0.5, 0.6) is 0 Å². The van der Waals surface area contributed by atoms with Crippen LogP contribution in [0.2, 0.25) is 0 Å². The van der Waals surface area contributed by atoms with Gasteiger partial charge in [0.05, 0.1) is 16.9 Å². The van der Waals surface area contributed by atoms with Crippen LogP contribution in [0.15, 0.2) is 12.1 Å². The topological polar surface area (TPSA) is 87.7 Å². The molecule has 3 N–H and O–H groups in total. The van der Waals surface area contributed by atoms with Crippen LogP contribution < -0.4 is 10.6 Å². The maximum Gasteiger partial charge on any atom is 0.337 e. The first-order valence-electron chi connectivity index (χ1n) is 6.61. The number of nitrogens with one attached hydrogen (secondary N) is 2. The smallest absolute Gasteiger partial charge is 0.337 e. The number of anilines is 1. The summed E-state index contributed by atoms with van der Waals surface area (Å²) in [5, 5.41) is 14.5. The Balaban J connectivity index is 2.88. The van der Waals surface area contributed by atoms with Gasteiger partial charge in [0.1, 0.15) is 0 Å². The van der Waals surface area contributed by atoms with E-state index in [0.717, 1.165) is 5.56 Å². The molecule has 0 atom stereocenters. The predicted octanol–water partition coefficient (Wildman–Crippen LogP) is 2.55. The van der Waals surface area contributed by atoms with Crippen molar-refractivity contribution in [2.45, 2.75) is 33.3 Å². The number of benzene rings is 1. The van der Waals surface area contributed by atoms with Gasteiger partial charge in [0.2, 0.25) is 0 Å². The summed E-state index contributed by atoms with van der Waals surface area (Å²) in [6.45, 7) is 7.56. The normalized spacial score (nSPS) is 11.1. The first-order valence-corrected chi connectivity index (χ1v) is 6.61. The number of carbonyl (C=O) groups excluding carboxylic acids is 1. The van der Waals surface area contributed by atoms with Crippen molar-refractivity contribution < 1.29 is 19.4 Å². The fraction of sp³-hybridized carbons (Fsp3) is 0.467. The van der Waals surface area contributed by atoms with E-state index in [9.17, 15) is 14.7 Å². The van der Waals surface area contributed by atoms with Crippen molar-refractivity contribution >= 4 is 17.7 Å². The zero-order valence-corrected chi connectivity index (χ0v) is 13.0. The monoisotopic (exact) mass is 294 g/mol. The lowest BCUT2D eigenvalue weighted by Crippen LogP contribution is -2.41. The lowest BCUT2D eigenvalue weighted by molar-refractivity contribution is 0.0257. The molecule has 0 aromatic heterocycles. The summed E-state index contributed by atoms with van der Waals surface area (Å²) in [5.41, 5.74) is 1.43. The highest BCUT2D eigenvalue weighted by Gasteiger charge is 2.19. The van der Waals surface area contributed by atoms with Gasteiger partial charge in [-0.15, -0.1) is 0 Å². The molecule has 1 aromatic carbocycles. The van der Waals surface area contributed by atoms with E-state index in [0.29, 0.717) is 17.8 Å². The molecule has 0 fully saturated rings. The standard InChI is InChI=1S/C15H22N2O4/c1-9-6-10(2)12(11(7-9)13(18)19)17-14(20)16-8-15(3,4)21-5/h6-7H,8H2,1-5H3,(H,18,19)(H2,16,17,20). The highest BCUT2D eigenvalue weighted by atomic mass is 16.5. The van der Waals surface area contributed by atoms with Crippen molar-refractivity contribution in [2.24, 2.45) is 0 Å². The number of rotatable bonds is 5. The number of urea groups is 1. The molecule has 0 heterocycles. The average Bonchev–Trinajstić information content (AvgIpc) is 2.39. The van der Waals surface area contributed by atoms with E-state index in [4.69, 9.17) is 4.74 Å². The van der Waals surface area contributed by atoms with Gasteiger partial charge in [0, 0.05) is 13.7 Å². The second-order valence-electron chi connectivity index (χ2n) is 5.58. The molecule has 1 rings (SSSR count). The Morgan fingerprint density at radius 3 is 2.43 bits per heavy atom. The first-order chi connectivity index (χ1) is 9.66. The molecular weight excluding hydrogens is 272 g/mol. The summed E-state index contributed by atoms with van der Waals surface area (Å²) in [6, 6.07) is 2.89. The van der Waals surface area contributed by atoms with E-state index in [1.165, 1.54) is 6.07 Å². The maximum absolute atomic E-state index is 11.9. The Morgan fingerprint density at radius 1 is 1.29 bits per heavy atom. The van der Waals surface area contributed by atoms with Crippen LogP contribution in [-0.2, 0) is 4.74 Å². The van der Waals surface area contributed by atoms with Crippen molar-refractivity contribution in [1.82, 2.24) is 5.32 Å². The number of carbonyl (C=O) groups is 2. The summed E-state index contributed by atoms with van der Waals surface area (Å²) in [6.07, 6.45) is 0. The highest BCUT2D eigenvalue weighted by molar-refractivity contribution is 6.01. The van der Waals surface area contributed by atoms with Gasteiger partial charge in [0.15, 0.2) is 0 Å². The summed E-state index contributed by atoms with van der Waals surface area (Å²) >= 11 is 0. The number of hydrogen-bond acceptors (Lipinski definition) is 3. The molecule has 2 amide bonds. The second-order valence-corrected chi connectivity index (χ2v) is 5.58. The molecule has 0 saturated heterocycles. The quantitative estimate of drug-likeness (QED) is 0.778. The first kappa shape index (κ1) is 17.0. The molecule has 0 aliphatic rings. The van der Waals surface area contributed by atoms with Crippen molar-refractivity contribution in [2.75, 3.05) is 19.0 Å². The summed E-state index contributed by atoms with van der Waals surface area (Å²) in [5.74, 6) is -1.07. The lowest BCUT2D eigenvalue weighted by Gasteiger charge is -2.23. The fourth-order valence-corrected chi connectivity index (χ4v) is 1.83. The second kappa shape index (κ2) is 6.58. The van der Waals surface area contributed by atoms with Crippen molar-refractivity contribution in [3.05, 3.63) is 28.8 Å². The molecule has 0 unspecified atom stereocenters. The van der Waals surface area contributed by atoms with E-state index in [-0.39, 0.29) is 5.56 Å². The number of aryl methyl sites for hydroxylation is 2.